The predicted octanol–water partition coefficient (Wildman–Crippen LogP) is 5.77. The van der Waals surface area contributed by atoms with Crippen molar-refractivity contribution in [3.8, 4) is 17.2 Å². The number of carbonyl (C=O) groups is 1. The Morgan fingerprint density at radius 2 is 1.82 bits per heavy atom. The molecule has 3 aromatic rings. The molecule has 0 unspecified atom stereocenters. The molecule has 8 heteroatoms. The van der Waals surface area contributed by atoms with Gasteiger partial charge < -0.3 is 24.6 Å². The van der Waals surface area contributed by atoms with E-state index < -0.39 is 0 Å². The third-order valence-corrected chi connectivity index (χ3v) is 6.17. The second-order valence-electron chi connectivity index (χ2n) is 8.13. The second kappa shape index (κ2) is 9.65. The lowest BCUT2D eigenvalue weighted by Gasteiger charge is -2.25. The van der Waals surface area contributed by atoms with Gasteiger partial charge in [-0.05, 0) is 55.0 Å². The molecule has 7 nitrogen and oxygen atoms in total. The number of nitrogens with one attached hydrogen (secondary N) is 1. The molecule has 0 aliphatic carbocycles. The first-order valence-corrected chi connectivity index (χ1v) is 11.6. The summed E-state index contributed by atoms with van der Waals surface area (Å²) in [5.41, 5.74) is 2.39. The van der Waals surface area contributed by atoms with Gasteiger partial charge in [-0.3, -0.25) is 0 Å². The molecule has 2 aliphatic heterocycles. The number of hydrogen-bond acceptors (Lipinski definition) is 5. The molecule has 3 aromatic carbocycles. The SMILES string of the molecule is COc1ccc2c(c1)Oc1ccccc1N=C2N1CCCN(C(=O)Nc2ccc(Cl)cc2)CC1. The van der Waals surface area contributed by atoms with E-state index in [1.54, 1.807) is 31.4 Å². The monoisotopic (exact) mass is 476 g/mol. The molecule has 1 N–H and O–H groups in total. The van der Waals surface area contributed by atoms with Gasteiger partial charge in [0, 0.05) is 43.0 Å². The maximum Gasteiger partial charge on any atom is 0.321 e. The zero-order chi connectivity index (χ0) is 23.5. The molecule has 1 fully saturated rings. The van der Waals surface area contributed by atoms with Gasteiger partial charge in [0.15, 0.2) is 5.75 Å². The molecule has 2 heterocycles. The van der Waals surface area contributed by atoms with Crippen molar-refractivity contribution in [2.24, 2.45) is 4.99 Å². The lowest BCUT2D eigenvalue weighted by atomic mass is 10.1. The third-order valence-electron chi connectivity index (χ3n) is 5.92. The number of methoxy groups -OCH3 is 1. The molecular weight excluding hydrogens is 452 g/mol. The van der Waals surface area contributed by atoms with E-state index in [-0.39, 0.29) is 6.03 Å². The van der Waals surface area contributed by atoms with E-state index in [1.807, 2.05) is 47.4 Å². The smallest absolute Gasteiger partial charge is 0.321 e. The normalized spacial score (nSPS) is 15.2. The summed E-state index contributed by atoms with van der Waals surface area (Å²) in [6, 6.07) is 20.5. The topological polar surface area (TPSA) is 66.4 Å². The number of halogens is 1. The maximum absolute atomic E-state index is 12.9. The first kappa shape index (κ1) is 22.1. The average molecular weight is 477 g/mol. The highest BCUT2D eigenvalue weighted by Crippen LogP contribution is 2.39. The molecule has 0 aromatic heterocycles. The first-order chi connectivity index (χ1) is 16.6. The Kier molecular flexibility index (Phi) is 6.27. The van der Waals surface area contributed by atoms with Gasteiger partial charge in [-0.15, -0.1) is 0 Å². The van der Waals surface area contributed by atoms with Gasteiger partial charge in [-0.1, -0.05) is 23.7 Å². The minimum Gasteiger partial charge on any atom is -0.497 e. The molecule has 0 bridgehead atoms. The van der Waals surface area contributed by atoms with Crippen molar-refractivity contribution in [1.29, 1.82) is 0 Å². The van der Waals surface area contributed by atoms with Crippen LogP contribution in [0.5, 0.6) is 17.2 Å². The van der Waals surface area contributed by atoms with Gasteiger partial charge in [-0.2, -0.15) is 0 Å². The van der Waals surface area contributed by atoms with Crippen LogP contribution in [0, 0.1) is 0 Å². The minimum atomic E-state index is -0.120. The van der Waals surface area contributed by atoms with Crippen molar-refractivity contribution < 1.29 is 14.3 Å². The van der Waals surface area contributed by atoms with Crippen LogP contribution in [0.1, 0.15) is 12.0 Å². The van der Waals surface area contributed by atoms with E-state index in [4.69, 9.17) is 26.1 Å². The zero-order valence-corrected chi connectivity index (χ0v) is 19.6. The number of aliphatic imine (C=N–C) groups is 1. The lowest BCUT2D eigenvalue weighted by Crippen LogP contribution is -2.39. The number of urea groups is 1. The number of anilines is 1. The zero-order valence-electron chi connectivity index (χ0n) is 18.8. The largest absolute Gasteiger partial charge is 0.497 e. The Morgan fingerprint density at radius 3 is 2.65 bits per heavy atom. The van der Waals surface area contributed by atoms with Crippen LogP contribution in [-0.4, -0.2) is 55.0 Å². The molecule has 34 heavy (non-hydrogen) atoms. The van der Waals surface area contributed by atoms with E-state index in [2.05, 4.69) is 10.2 Å². The summed E-state index contributed by atoms with van der Waals surface area (Å²) in [5, 5.41) is 3.59. The number of para-hydroxylation sites is 2. The van der Waals surface area contributed by atoms with Crippen molar-refractivity contribution in [2.45, 2.75) is 6.42 Å². The molecule has 0 spiro atoms. The quantitative estimate of drug-likeness (QED) is 0.509. The van der Waals surface area contributed by atoms with Gasteiger partial charge in [0.25, 0.3) is 0 Å². The van der Waals surface area contributed by atoms with E-state index in [0.717, 1.165) is 41.5 Å². The molecule has 0 atom stereocenters. The van der Waals surface area contributed by atoms with Crippen LogP contribution in [0.15, 0.2) is 71.7 Å². The van der Waals surface area contributed by atoms with Crippen molar-refractivity contribution in [3.63, 3.8) is 0 Å². The fourth-order valence-corrected chi connectivity index (χ4v) is 4.26. The van der Waals surface area contributed by atoms with Crippen molar-refractivity contribution in [3.05, 3.63) is 77.3 Å². The molecule has 0 radical (unpaired) electrons. The lowest BCUT2D eigenvalue weighted by molar-refractivity contribution is 0.214. The molecule has 1 saturated heterocycles. The fourth-order valence-electron chi connectivity index (χ4n) is 4.14. The van der Waals surface area contributed by atoms with Gasteiger partial charge in [-0.25, -0.2) is 9.79 Å². The van der Waals surface area contributed by atoms with Crippen LogP contribution in [0.25, 0.3) is 0 Å². The number of fused-ring (bicyclic) bond motifs is 2. The van der Waals surface area contributed by atoms with Crippen LogP contribution in [0.4, 0.5) is 16.2 Å². The standard InChI is InChI=1S/C26H25ClN4O3/c1-33-20-11-12-21-24(17-20)34-23-6-3-2-5-22(23)29-25(21)30-13-4-14-31(16-15-30)26(32)28-19-9-7-18(27)8-10-19/h2-3,5-12,17H,4,13-16H2,1H3,(H,28,32). The Morgan fingerprint density at radius 1 is 1.00 bits per heavy atom. The van der Waals surface area contributed by atoms with Gasteiger partial charge in [0.05, 0.1) is 12.7 Å². The summed E-state index contributed by atoms with van der Waals surface area (Å²) in [4.78, 5) is 21.9. The maximum atomic E-state index is 12.9. The van der Waals surface area contributed by atoms with Crippen molar-refractivity contribution in [1.82, 2.24) is 9.80 Å². The average Bonchev–Trinajstić information content (AvgIpc) is 3.20. The van der Waals surface area contributed by atoms with Crippen LogP contribution >= 0.6 is 11.6 Å². The van der Waals surface area contributed by atoms with Crippen LogP contribution < -0.4 is 14.8 Å². The number of amidine groups is 1. The van der Waals surface area contributed by atoms with Gasteiger partial charge in [0.1, 0.15) is 23.0 Å². The Bertz CT molecular complexity index is 1230. The molecular formula is C26H25ClN4O3. The summed E-state index contributed by atoms with van der Waals surface area (Å²) < 4.78 is 11.6. The number of benzene rings is 3. The molecule has 0 saturated carbocycles. The summed E-state index contributed by atoms with van der Waals surface area (Å²) in [7, 11) is 1.64. The van der Waals surface area contributed by atoms with E-state index in [1.165, 1.54) is 0 Å². The molecule has 174 valence electrons. The molecule has 2 aliphatic rings. The van der Waals surface area contributed by atoms with Crippen molar-refractivity contribution in [2.75, 3.05) is 38.6 Å². The number of amides is 2. The highest BCUT2D eigenvalue weighted by Gasteiger charge is 2.26. The summed E-state index contributed by atoms with van der Waals surface area (Å²) in [5.74, 6) is 2.95. The second-order valence-corrected chi connectivity index (χ2v) is 8.57. The summed E-state index contributed by atoms with van der Waals surface area (Å²) in [6.07, 6.45) is 0.820. The van der Waals surface area contributed by atoms with E-state index >= 15 is 0 Å². The Hall–Kier alpha value is -3.71. The number of ether oxygens (including phenoxy) is 2. The fraction of sp³-hybridized carbons (Fsp3) is 0.231. The third kappa shape index (κ3) is 4.65. The summed E-state index contributed by atoms with van der Waals surface area (Å²) >= 11 is 5.95. The van der Waals surface area contributed by atoms with Crippen LogP contribution in [0.2, 0.25) is 5.02 Å². The molecule has 5 rings (SSSR count). The van der Waals surface area contributed by atoms with Crippen molar-refractivity contribution >= 4 is 34.8 Å². The van der Waals surface area contributed by atoms with Crippen LogP contribution in [-0.2, 0) is 0 Å². The van der Waals surface area contributed by atoms with Gasteiger partial charge in [0.2, 0.25) is 0 Å². The highest BCUT2D eigenvalue weighted by molar-refractivity contribution is 6.30. The predicted molar refractivity (Wildman–Crippen MR) is 134 cm³/mol. The van der Waals surface area contributed by atoms with E-state index in [0.29, 0.717) is 36.2 Å². The number of rotatable bonds is 2. The highest BCUT2D eigenvalue weighted by atomic mass is 35.5. The number of nitrogens with zero attached hydrogens (tertiary/aromatic N) is 3. The first-order valence-electron chi connectivity index (χ1n) is 11.2. The Balaban J connectivity index is 1.38. The Labute approximate surface area is 203 Å². The van der Waals surface area contributed by atoms with Gasteiger partial charge >= 0.3 is 6.03 Å². The minimum absolute atomic E-state index is 0.120. The number of hydrogen-bond donors (Lipinski definition) is 1. The number of carbonyl (C=O) groups excluding carboxylic acids is 1. The van der Waals surface area contributed by atoms with E-state index in [9.17, 15) is 4.79 Å². The van der Waals surface area contributed by atoms with Crippen LogP contribution in [0.3, 0.4) is 0 Å². The molecule has 2 amide bonds. The summed E-state index contributed by atoms with van der Waals surface area (Å²) in [6.45, 7) is 2.66.